The zero-order valence-corrected chi connectivity index (χ0v) is 12.2. The molecular weight excluding hydrogens is 232 g/mol. The van der Waals surface area contributed by atoms with Crippen molar-refractivity contribution in [3.63, 3.8) is 0 Å². The van der Waals surface area contributed by atoms with Gasteiger partial charge in [0.2, 0.25) is 0 Å². The Morgan fingerprint density at radius 3 is 2.26 bits per heavy atom. The van der Waals surface area contributed by atoms with Crippen molar-refractivity contribution < 1.29 is 0 Å². The van der Waals surface area contributed by atoms with Crippen LogP contribution < -0.4 is 11.5 Å². The van der Waals surface area contributed by atoms with Crippen LogP contribution in [0.2, 0.25) is 0 Å². The van der Waals surface area contributed by atoms with E-state index in [1.807, 2.05) is 0 Å². The molecule has 2 fully saturated rings. The van der Waals surface area contributed by atoms with E-state index in [9.17, 15) is 0 Å². The molecule has 4 N–H and O–H groups in total. The third kappa shape index (κ3) is 2.14. The Morgan fingerprint density at radius 1 is 1.05 bits per heavy atom. The molecule has 0 amide bonds. The van der Waals surface area contributed by atoms with Crippen LogP contribution >= 0.6 is 0 Å². The zero-order valence-electron chi connectivity index (χ0n) is 12.2. The second-order valence-corrected chi connectivity index (χ2v) is 7.00. The molecule has 0 aromatic carbocycles. The number of hydrogen-bond donors (Lipinski definition) is 2. The fourth-order valence-electron chi connectivity index (χ4n) is 4.60. The van der Waals surface area contributed by atoms with Crippen LogP contribution in [0.5, 0.6) is 0 Å². The predicted molar refractivity (Wildman–Crippen MR) is 80.4 cm³/mol. The molecule has 2 saturated carbocycles. The van der Waals surface area contributed by atoms with E-state index in [-0.39, 0.29) is 11.5 Å². The summed E-state index contributed by atoms with van der Waals surface area (Å²) in [5.41, 5.74) is 15.6. The maximum absolute atomic E-state index is 6.66. The van der Waals surface area contributed by atoms with Crippen molar-refractivity contribution in [3.05, 3.63) is 23.4 Å². The Hall–Kier alpha value is -0.760. The molecule has 3 aliphatic carbocycles. The average molecular weight is 260 g/mol. The van der Waals surface area contributed by atoms with Gasteiger partial charge in [-0.25, -0.2) is 0 Å². The largest absolute Gasteiger partial charge is 0.401 e. The topological polar surface area (TPSA) is 52.0 Å². The molecule has 0 bridgehead atoms. The molecule has 19 heavy (non-hydrogen) atoms. The smallest absolute Gasteiger partial charge is 0.0463 e. The molecule has 0 saturated heterocycles. The van der Waals surface area contributed by atoms with Gasteiger partial charge in [0.15, 0.2) is 0 Å². The summed E-state index contributed by atoms with van der Waals surface area (Å²) in [4.78, 5) is 0. The van der Waals surface area contributed by atoms with E-state index in [1.165, 1.54) is 56.9 Å². The Labute approximate surface area is 117 Å². The third-order valence-corrected chi connectivity index (χ3v) is 5.90. The summed E-state index contributed by atoms with van der Waals surface area (Å²) in [5, 5.41) is 0. The second kappa shape index (κ2) is 4.97. The highest BCUT2D eigenvalue weighted by atomic mass is 14.7. The molecule has 0 aromatic rings. The van der Waals surface area contributed by atoms with Crippen molar-refractivity contribution >= 4 is 0 Å². The van der Waals surface area contributed by atoms with Crippen molar-refractivity contribution in [3.8, 4) is 0 Å². The fourth-order valence-corrected chi connectivity index (χ4v) is 4.60. The maximum atomic E-state index is 6.66. The van der Waals surface area contributed by atoms with Gasteiger partial charge in [0.1, 0.15) is 0 Å². The van der Waals surface area contributed by atoms with Gasteiger partial charge in [-0.2, -0.15) is 0 Å². The molecule has 2 atom stereocenters. The fraction of sp³-hybridized carbons (Fsp3) is 0.765. The zero-order chi connectivity index (χ0) is 13.5. The molecule has 0 aliphatic heterocycles. The van der Waals surface area contributed by atoms with Gasteiger partial charge in [0, 0.05) is 17.2 Å². The van der Waals surface area contributed by atoms with Gasteiger partial charge in [0.25, 0.3) is 0 Å². The summed E-state index contributed by atoms with van der Waals surface area (Å²) >= 11 is 0. The van der Waals surface area contributed by atoms with Crippen LogP contribution in [-0.2, 0) is 0 Å². The van der Waals surface area contributed by atoms with Crippen molar-refractivity contribution in [2.75, 3.05) is 0 Å². The van der Waals surface area contributed by atoms with E-state index in [0.29, 0.717) is 5.92 Å². The van der Waals surface area contributed by atoms with E-state index < -0.39 is 0 Å². The highest BCUT2D eigenvalue weighted by Crippen LogP contribution is 2.49. The van der Waals surface area contributed by atoms with Gasteiger partial charge in [-0.3, -0.25) is 0 Å². The normalized spacial score (nSPS) is 37.5. The van der Waals surface area contributed by atoms with Crippen LogP contribution in [0.25, 0.3) is 0 Å². The Morgan fingerprint density at radius 2 is 1.63 bits per heavy atom. The second-order valence-electron chi connectivity index (χ2n) is 7.00. The molecule has 2 unspecified atom stereocenters. The standard InChI is InChI=1S/C17H28N2/c1-17(13-8-4-5-9-13)11-10-14(18)15(16(17)19)12-6-2-3-7-12/h10-14H,2-9,18-19H2,1H3. The van der Waals surface area contributed by atoms with E-state index in [0.717, 1.165) is 11.6 Å². The summed E-state index contributed by atoms with van der Waals surface area (Å²) < 4.78 is 0. The SMILES string of the molecule is CC1(C2CCCC2)C=CC(N)C(C2CCCC2)=C1N. The first-order valence-corrected chi connectivity index (χ1v) is 8.08. The summed E-state index contributed by atoms with van der Waals surface area (Å²) in [6.07, 6.45) is 15.2. The highest BCUT2D eigenvalue weighted by Gasteiger charge is 2.41. The van der Waals surface area contributed by atoms with Crippen LogP contribution in [0.3, 0.4) is 0 Å². The number of nitrogens with two attached hydrogens (primary N) is 2. The van der Waals surface area contributed by atoms with Crippen LogP contribution in [-0.4, -0.2) is 6.04 Å². The molecule has 0 heterocycles. The van der Waals surface area contributed by atoms with Crippen LogP contribution in [0.4, 0.5) is 0 Å². The lowest BCUT2D eigenvalue weighted by Gasteiger charge is -2.40. The van der Waals surface area contributed by atoms with E-state index in [2.05, 4.69) is 19.1 Å². The Bertz CT molecular complexity index is 397. The van der Waals surface area contributed by atoms with Gasteiger partial charge >= 0.3 is 0 Å². The van der Waals surface area contributed by atoms with Gasteiger partial charge in [-0.15, -0.1) is 0 Å². The Kier molecular flexibility index (Phi) is 3.46. The van der Waals surface area contributed by atoms with E-state index in [1.54, 1.807) is 0 Å². The van der Waals surface area contributed by atoms with E-state index >= 15 is 0 Å². The molecule has 3 rings (SSSR count). The molecule has 0 aromatic heterocycles. The molecule has 3 aliphatic rings. The number of rotatable bonds is 2. The first-order valence-electron chi connectivity index (χ1n) is 8.08. The molecule has 2 heteroatoms. The number of allylic oxidation sites excluding steroid dienone is 1. The first-order chi connectivity index (χ1) is 9.13. The maximum Gasteiger partial charge on any atom is 0.0463 e. The van der Waals surface area contributed by atoms with Crippen molar-refractivity contribution in [2.24, 2.45) is 28.7 Å². The molecule has 0 radical (unpaired) electrons. The highest BCUT2D eigenvalue weighted by molar-refractivity contribution is 5.38. The molecule has 2 nitrogen and oxygen atoms in total. The lowest BCUT2D eigenvalue weighted by Crippen LogP contribution is -2.40. The average Bonchev–Trinajstić information content (AvgIpc) is 3.07. The molecular formula is C17H28N2. The number of hydrogen-bond acceptors (Lipinski definition) is 2. The predicted octanol–water partition coefficient (Wildman–Crippen LogP) is 3.48. The lowest BCUT2D eigenvalue weighted by atomic mass is 9.67. The monoisotopic (exact) mass is 260 g/mol. The third-order valence-electron chi connectivity index (χ3n) is 5.90. The van der Waals surface area contributed by atoms with Crippen LogP contribution in [0.1, 0.15) is 58.3 Å². The summed E-state index contributed by atoms with van der Waals surface area (Å²) in [6, 6.07) is 0.0672. The quantitative estimate of drug-likeness (QED) is 0.747. The summed E-state index contributed by atoms with van der Waals surface area (Å²) in [7, 11) is 0. The molecule has 106 valence electrons. The van der Waals surface area contributed by atoms with Gasteiger partial charge in [-0.05, 0) is 43.1 Å². The van der Waals surface area contributed by atoms with Gasteiger partial charge in [-0.1, -0.05) is 44.8 Å². The van der Waals surface area contributed by atoms with Crippen molar-refractivity contribution in [2.45, 2.75) is 64.3 Å². The summed E-state index contributed by atoms with van der Waals surface area (Å²) in [5.74, 6) is 1.38. The van der Waals surface area contributed by atoms with Crippen LogP contribution in [0.15, 0.2) is 23.4 Å². The van der Waals surface area contributed by atoms with Crippen molar-refractivity contribution in [1.82, 2.24) is 0 Å². The lowest BCUT2D eigenvalue weighted by molar-refractivity contribution is 0.296. The van der Waals surface area contributed by atoms with E-state index in [4.69, 9.17) is 11.5 Å². The Balaban J connectivity index is 1.94. The minimum Gasteiger partial charge on any atom is -0.401 e. The van der Waals surface area contributed by atoms with Crippen LogP contribution in [0, 0.1) is 17.3 Å². The molecule has 0 spiro atoms. The first kappa shape index (κ1) is 13.2. The van der Waals surface area contributed by atoms with Crippen molar-refractivity contribution in [1.29, 1.82) is 0 Å². The van der Waals surface area contributed by atoms with Gasteiger partial charge < -0.3 is 11.5 Å². The van der Waals surface area contributed by atoms with Gasteiger partial charge in [0.05, 0.1) is 0 Å². The minimum atomic E-state index is 0.0672. The minimum absolute atomic E-state index is 0.0672. The summed E-state index contributed by atoms with van der Waals surface area (Å²) in [6.45, 7) is 2.34.